The SMILES string of the molecule is CCCCCCCCCCCCOS(=O)(=O)c1ccccc1.ClCCCl.[Ca]. The molecular weight excluding hydrogens is 431 g/mol. The third kappa shape index (κ3) is 18.7. The molecule has 2 radical (unpaired) electrons. The molecular formula is C20H34CaCl2O3S. The summed E-state index contributed by atoms with van der Waals surface area (Å²) in [5.41, 5.74) is 0. The maximum absolute atomic E-state index is 11.9. The monoisotopic (exact) mass is 464 g/mol. The van der Waals surface area contributed by atoms with Crippen molar-refractivity contribution < 1.29 is 12.6 Å². The standard InChI is InChI=1S/C18H30O3S.C2H4Cl2.Ca/c1-2-3-4-5-6-7-8-9-10-14-17-21-22(19,20)18-15-12-11-13-16-18;3-1-2-4;/h11-13,15-16H,2-10,14,17H2,1H3;1-2H2;. The van der Waals surface area contributed by atoms with Gasteiger partial charge in [0.25, 0.3) is 10.1 Å². The fraction of sp³-hybridized carbons (Fsp3) is 0.700. The van der Waals surface area contributed by atoms with Gasteiger partial charge < -0.3 is 0 Å². The molecule has 0 fully saturated rings. The van der Waals surface area contributed by atoms with E-state index in [0.29, 0.717) is 11.8 Å². The summed E-state index contributed by atoms with van der Waals surface area (Å²) in [5, 5.41) is 0. The van der Waals surface area contributed by atoms with Gasteiger partial charge in [-0.05, 0) is 18.6 Å². The van der Waals surface area contributed by atoms with Gasteiger partial charge in [0.2, 0.25) is 0 Å². The molecule has 0 spiro atoms. The molecule has 1 aromatic rings. The van der Waals surface area contributed by atoms with Gasteiger partial charge in [0, 0.05) is 49.5 Å². The van der Waals surface area contributed by atoms with Crippen LogP contribution in [0, 0.1) is 0 Å². The minimum Gasteiger partial charge on any atom is -0.266 e. The molecule has 1 aromatic carbocycles. The van der Waals surface area contributed by atoms with Crippen LogP contribution in [-0.4, -0.2) is 64.5 Å². The Balaban J connectivity index is 0. The van der Waals surface area contributed by atoms with Crippen molar-refractivity contribution in [3.63, 3.8) is 0 Å². The molecule has 0 aromatic heterocycles. The van der Waals surface area contributed by atoms with Crippen molar-refractivity contribution in [2.45, 2.75) is 76.0 Å². The Morgan fingerprint density at radius 2 is 1.22 bits per heavy atom. The number of unbranched alkanes of at least 4 members (excludes halogenated alkanes) is 9. The molecule has 0 saturated carbocycles. The van der Waals surface area contributed by atoms with E-state index >= 15 is 0 Å². The molecule has 0 aliphatic heterocycles. The van der Waals surface area contributed by atoms with Crippen molar-refractivity contribution >= 4 is 71.1 Å². The largest absolute Gasteiger partial charge is 0.296 e. The molecule has 0 unspecified atom stereocenters. The van der Waals surface area contributed by atoms with E-state index in [1.165, 1.54) is 51.4 Å². The van der Waals surface area contributed by atoms with Gasteiger partial charge in [-0.1, -0.05) is 82.9 Å². The van der Waals surface area contributed by atoms with Gasteiger partial charge in [-0.25, -0.2) is 0 Å². The van der Waals surface area contributed by atoms with Gasteiger partial charge in [-0.15, -0.1) is 23.2 Å². The molecule has 3 nitrogen and oxygen atoms in total. The third-order valence-corrected chi connectivity index (χ3v) is 5.74. The first-order valence-corrected chi connectivity index (χ1v) is 12.1. The number of halogens is 2. The minimum atomic E-state index is -3.57. The first-order valence-electron chi connectivity index (χ1n) is 9.65. The number of benzene rings is 1. The van der Waals surface area contributed by atoms with E-state index in [0.717, 1.165) is 12.8 Å². The maximum atomic E-state index is 11.9. The second kappa shape index (κ2) is 21.7. The molecule has 7 heteroatoms. The topological polar surface area (TPSA) is 43.4 Å². The van der Waals surface area contributed by atoms with E-state index in [4.69, 9.17) is 27.4 Å². The van der Waals surface area contributed by atoms with E-state index in [9.17, 15) is 8.42 Å². The van der Waals surface area contributed by atoms with Crippen molar-refractivity contribution in [1.82, 2.24) is 0 Å². The van der Waals surface area contributed by atoms with E-state index in [1.54, 1.807) is 30.3 Å². The van der Waals surface area contributed by atoms with Crippen molar-refractivity contribution in [1.29, 1.82) is 0 Å². The molecule has 0 amide bonds. The molecule has 0 aliphatic carbocycles. The summed E-state index contributed by atoms with van der Waals surface area (Å²) in [5.74, 6) is 1.11. The Labute approximate surface area is 206 Å². The molecule has 1 rings (SSSR count). The van der Waals surface area contributed by atoms with Gasteiger partial charge in [0.05, 0.1) is 11.5 Å². The fourth-order valence-corrected chi connectivity index (χ4v) is 3.38. The van der Waals surface area contributed by atoms with Crippen molar-refractivity contribution in [3.05, 3.63) is 30.3 Å². The van der Waals surface area contributed by atoms with E-state index in [-0.39, 0.29) is 49.2 Å². The van der Waals surface area contributed by atoms with Crippen LogP contribution in [0.4, 0.5) is 0 Å². The number of hydrogen-bond donors (Lipinski definition) is 0. The van der Waals surface area contributed by atoms with Crippen LogP contribution < -0.4 is 0 Å². The Morgan fingerprint density at radius 3 is 1.67 bits per heavy atom. The normalized spacial score (nSPS) is 10.6. The quantitative estimate of drug-likeness (QED) is 0.138. The van der Waals surface area contributed by atoms with Crippen LogP contribution in [0.1, 0.15) is 71.1 Å². The summed E-state index contributed by atoms with van der Waals surface area (Å²) < 4.78 is 28.8. The molecule has 0 saturated heterocycles. The summed E-state index contributed by atoms with van der Waals surface area (Å²) >= 11 is 10.1. The van der Waals surface area contributed by atoms with Crippen LogP contribution >= 0.6 is 23.2 Å². The predicted molar refractivity (Wildman–Crippen MR) is 119 cm³/mol. The average Bonchev–Trinajstić information content (AvgIpc) is 2.67. The number of hydrogen-bond acceptors (Lipinski definition) is 3. The number of alkyl halides is 2. The van der Waals surface area contributed by atoms with E-state index in [1.807, 2.05) is 0 Å². The summed E-state index contributed by atoms with van der Waals surface area (Å²) in [6.07, 6.45) is 12.3. The van der Waals surface area contributed by atoms with Crippen LogP contribution in [0.25, 0.3) is 0 Å². The Bertz CT molecular complexity index is 511. The van der Waals surface area contributed by atoms with Gasteiger partial charge in [-0.3, -0.25) is 4.18 Å². The zero-order valence-corrected chi connectivity index (χ0v) is 21.2. The summed E-state index contributed by atoms with van der Waals surface area (Å²) in [7, 11) is -3.57. The zero-order valence-electron chi connectivity index (χ0n) is 16.7. The molecule has 154 valence electrons. The molecule has 27 heavy (non-hydrogen) atoms. The van der Waals surface area contributed by atoms with Crippen LogP contribution in [0.15, 0.2) is 35.2 Å². The van der Waals surface area contributed by atoms with Crippen molar-refractivity contribution in [3.8, 4) is 0 Å². The zero-order chi connectivity index (χ0) is 19.5. The number of rotatable bonds is 14. The van der Waals surface area contributed by atoms with Crippen LogP contribution in [-0.2, 0) is 14.3 Å². The van der Waals surface area contributed by atoms with Crippen LogP contribution in [0.3, 0.4) is 0 Å². The first kappa shape index (κ1) is 30.2. The molecule has 0 aliphatic rings. The summed E-state index contributed by atoms with van der Waals surface area (Å²) in [6, 6.07) is 8.33. The minimum absolute atomic E-state index is 0. The van der Waals surface area contributed by atoms with Gasteiger partial charge in [0.1, 0.15) is 0 Å². The Morgan fingerprint density at radius 1 is 0.778 bits per heavy atom. The second-order valence-corrected chi connectivity index (χ2v) is 8.52. The molecule has 0 N–H and O–H groups in total. The van der Waals surface area contributed by atoms with Gasteiger partial charge in [0.15, 0.2) is 0 Å². The molecule has 0 bridgehead atoms. The predicted octanol–water partition coefficient (Wildman–Crippen LogP) is 6.40. The van der Waals surface area contributed by atoms with Crippen molar-refractivity contribution in [2.75, 3.05) is 18.4 Å². The summed E-state index contributed by atoms with van der Waals surface area (Å²) in [6.45, 7) is 2.52. The van der Waals surface area contributed by atoms with E-state index < -0.39 is 10.1 Å². The van der Waals surface area contributed by atoms with Gasteiger partial charge in [-0.2, -0.15) is 8.42 Å². The maximum Gasteiger partial charge on any atom is 0.296 e. The Kier molecular flexibility index (Phi) is 24.2. The first-order chi connectivity index (χ1) is 12.6. The Hall–Kier alpha value is 0.970. The smallest absolute Gasteiger partial charge is 0.266 e. The molecule has 0 heterocycles. The third-order valence-electron chi connectivity index (χ3n) is 3.84. The summed E-state index contributed by atoms with van der Waals surface area (Å²) in [4.78, 5) is 0.238. The van der Waals surface area contributed by atoms with Crippen molar-refractivity contribution in [2.24, 2.45) is 0 Å². The second-order valence-electron chi connectivity index (χ2n) is 6.15. The van der Waals surface area contributed by atoms with E-state index in [2.05, 4.69) is 6.92 Å². The fourth-order valence-electron chi connectivity index (χ4n) is 2.41. The molecule has 0 atom stereocenters. The average molecular weight is 466 g/mol. The van der Waals surface area contributed by atoms with Crippen LogP contribution in [0.2, 0.25) is 0 Å². The van der Waals surface area contributed by atoms with Gasteiger partial charge >= 0.3 is 0 Å². The van der Waals surface area contributed by atoms with Crippen LogP contribution in [0.5, 0.6) is 0 Å².